The first kappa shape index (κ1) is 97.1. The van der Waals surface area contributed by atoms with Gasteiger partial charge < -0.3 is 114 Å². The number of amides is 13. The molecular formula is C80H125N21O15. The molecule has 0 saturated heterocycles. The van der Waals surface area contributed by atoms with Gasteiger partial charge in [-0.1, -0.05) is 113 Å². The Labute approximate surface area is 678 Å². The van der Waals surface area contributed by atoms with Crippen molar-refractivity contribution in [1.82, 2.24) is 63.8 Å². The third-order valence-electron chi connectivity index (χ3n) is 19.6. The van der Waals surface area contributed by atoms with Crippen LogP contribution in [0.25, 0.3) is 0 Å². The van der Waals surface area contributed by atoms with E-state index in [-0.39, 0.29) is 127 Å². The summed E-state index contributed by atoms with van der Waals surface area (Å²) in [6, 6.07) is 8.97. The lowest BCUT2D eigenvalue weighted by Crippen LogP contribution is -2.65. The maximum atomic E-state index is 15.4. The number of nitrogens with one attached hydrogen (secondary N) is 12. The van der Waals surface area contributed by atoms with Crippen LogP contribution in [0.1, 0.15) is 168 Å². The first-order valence-electron chi connectivity index (χ1n) is 39.6. The highest BCUT2D eigenvalue weighted by molar-refractivity contribution is 6.01. The number of phenols is 1. The van der Waals surface area contributed by atoms with Crippen molar-refractivity contribution in [3.05, 3.63) is 114 Å². The molecule has 0 unspecified atom stereocenters. The molecule has 36 nitrogen and oxygen atoms in total. The largest absolute Gasteiger partial charge is 0.508 e. The second-order valence-corrected chi connectivity index (χ2v) is 30.3. The monoisotopic (exact) mass is 1620 g/mol. The van der Waals surface area contributed by atoms with Crippen LogP contribution in [0.4, 0.5) is 0 Å². The smallest absolute Gasteiger partial charge is 0.246 e. The fraction of sp³-hybridized carbons (Fsp3) is 0.562. The summed E-state index contributed by atoms with van der Waals surface area (Å²) < 4.78 is 0. The lowest BCUT2D eigenvalue weighted by atomic mass is 9.90. The van der Waals surface area contributed by atoms with Crippen molar-refractivity contribution in [3.8, 4) is 5.75 Å². The number of guanidine groups is 2. The average Bonchev–Trinajstić information content (AvgIpc) is 0.856. The van der Waals surface area contributed by atoms with Gasteiger partial charge in [-0.15, -0.1) is 0 Å². The van der Waals surface area contributed by atoms with Crippen LogP contribution in [0.5, 0.6) is 5.75 Å². The van der Waals surface area contributed by atoms with E-state index in [9.17, 15) is 63.0 Å². The van der Waals surface area contributed by atoms with E-state index >= 15 is 9.59 Å². The van der Waals surface area contributed by atoms with Crippen LogP contribution >= 0.6 is 0 Å². The number of allylic oxidation sites excluding steroid dienone is 2. The molecule has 0 bridgehead atoms. The topological polar surface area (TPSA) is 614 Å². The average molecular weight is 1620 g/mol. The summed E-state index contributed by atoms with van der Waals surface area (Å²) in [5.74, 6) is -12.5. The predicted molar refractivity (Wildman–Crippen MR) is 439 cm³/mol. The van der Waals surface area contributed by atoms with Crippen molar-refractivity contribution in [2.45, 2.75) is 242 Å². The minimum Gasteiger partial charge on any atom is -0.508 e. The molecule has 116 heavy (non-hydrogen) atoms. The fourth-order valence-corrected chi connectivity index (χ4v) is 12.7. The summed E-state index contributed by atoms with van der Waals surface area (Å²) in [4.78, 5) is 194. The third kappa shape index (κ3) is 34.8. The van der Waals surface area contributed by atoms with Crippen LogP contribution in [-0.2, 0) is 81.6 Å². The molecule has 1 heterocycles. The molecular weight excluding hydrogens is 1500 g/mol. The van der Waals surface area contributed by atoms with E-state index in [0.29, 0.717) is 61.8 Å². The van der Waals surface area contributed by atoms with Crippen molar-refractivity contribution >= 4 is 88.7 Å². The van der Waals surface area contributed by atoms with E-state index in [1.54, 1.807) is 88.4 Å². The van der Waals surface area contributed by atoms with E-state index < -0.39 is 161 Å². The summed E-state index contributed by atoms with van der Waals surface area (Å²) >= 11 is 0. The van der Waals surface area contributed by atoms with Crippen LogP contribution in [-0.4, -0.2) is 203 Å². The molecule has 12 atom stereocenters. The van der Waals surface area contributed by atoms with Gasteiger partial charge in [0.15, 0.2) is 11.9 Å². The number of carbonyl (C=O) groups excluding carboxylic acids is 13. The predicted octanol–water partition coefficient (Wildman–Crippen LogP) is -1.90. The molecule has 640 valence electrons. The molecule has 28 N–H and O–H groups in total. The molecule has 1 aliphatic heterocycles. The summed E-state index contributed by atoms with van der Waals surface area (Å²) in [6.45, 7) is 10.4. The second kappa shape index (κ2) is 50.2. The first-order chi connectivity index (χ1) is 55.0. The molecule has 0 saturated carbocycles. The maximum absolute atomic E-state index is 15.4. The Morgan fingerprint density at radius 2 is 0.991 bits per heavy atom. The zero-order valence-corrected chi connectivity index (χ0v) is 67.8. The van der Waals surface area contributed by atoms with Gasteiger partial charge in [0.1, 0.15) is 71.2 Å². The summed E-state index contributed by atoms with van der Waals surface area (Å²) in [5, 5.41) is 53.9. The number of unbranched alkanes of at least 4 members (excludes halogenated alkanes) is 2. The van der Waals surface area contributed by atoms with Crippen LogP contribution in [0, 0.1) is 11.8 Å². The van der Waals surface area contributed by atoms with Gasteiger partial charge in [-0.25, -0.2) is 0 Å². The van der Waals surface area contributed by atoms with Crippen molar-refractivity contribution in [2.24, 2.45) is 62.0 Å². The lowest BCUT2D eigenvalue weighted by molar-refractivity contribution is -0.139. The van der Waals surface area contributed by atoms with Gasteiger partial charge >= 0.3 is 0 Å². The highest BCUT2D eigenvalue weighted by Crippen LogP contribution is 2.22. The maximum Gasteiger partial charge on any atom is 0.246 e. The standard InChI is InChI=1S/C80H125N21O15/c1-48(2)63-73(113)99-64(49(3)4)74(114)101-80(7,75(115)96-59(65(83)105)44-51-26-14-12-15-27-51)39-21-11-9-8-10-20-38-79(6,76(116)97-61(70(110)98-63)45-52-28-16-13-17-29-52)100-72(112)58(33-25-43-90-78(86)87)93-71(111)62(47-102)95-69(109)60(46-53-34-36-54(104)37-35-53)94-68(108)57(32-24-42-89-77(84)85)92-67(107)56(31-18-22-40-81)91-66(106)55(82)30-19-23-41-88-50(5)103/h8-9,12-17,26-29,34-37,48-49,55-64,102,104H,10-11,18-25,30-33,38-47,81-82H2,1-7H3,(H2,83,105)(H,88,103)(H,91,106)(H,92,107)(H,93,111)(H,94,108)(H,95,109)(H,96,115)(H,97,116)(H,98,110)(H,99,113)(H,100,112)(H,101,114)(H4,84,85,89)(H4,86,87,90)/b9-8+/t55-,56-,57-,58-,59-,60-,61-,62-,63-,64-,79-,80-/m0/s1. The molecule has 0 spiro atoms. The number of hydrogen-bond donors (Lipinski definition) is 21. The number of nitrogens with zero attached hydrogens (tertiary/aromatic N) is 2. The van der Waals surface area contributed by atoms with Gasteiger partial charge in [-0.3, -0.25) is 72.3 Å². The SMILES string of the molecule is CC(=O)NCCCC[C@H](N)C(=O)N[C@@H](CCCCN)C(=O)N[C@@H](CCCN=C(N)N)C(=O)N[C@@H](Cc1ccc(O)cc1)C(=O)N[C@@H](CO)C(=O)N[C@@H](CCCN=C(N)N)C(=O)N[C@@]1(C)CCC/C=C/CCC[C@@](C)(C(=O)N[C@@H](Cc2ccccc2)C(N)=O)NC(=O)[C@H](C(C)C)NC(=O)[C@H](C(C)C)NC(=O)[C@H](Cc2ccccc2)NC1=O. The molecule has 36 heteroatoms. The molecule has 3 aromatic carbocycles. The Balaban J connectivity index is 1.76. The van der Waals surface area contributed by atoms with E-state index in [2.05, 4.69) is 73.8 Å². The Morgan fingerprint density at radius 1 is 0.526 bits per heavy atom. The number of hydrogen-bond acceptors (Lipinski definition) is 19. The number of nitrogens with two attached hydrogens (primary N) is 7. The molecule has 13 amide bonds. The van der Waals surface area contributed by atoms with Gasteiger partial charge in [0.25, 0.3) is 0 Å². The van der Waals surface area contributed by atoms with Crippen LogP contribution in [0.3, 0.4) is 0 Å². The normalized spacial score (nSPS) is 19.8. The quantitative estimate of drug-likeness (QED) is 0.0128. The molecule has 0 aromatic heterocycles. The van der Waals surface area contributed by atoms with Gasteiger partial charge in [-0.2, -0.15) is 0 Å². The van der Waals surface area contributed by atoms with E-state index in [0.717, 1.165) is 0 Å². The zero-order chi connectivity index (χ0) is 86.1. The molecule has 0 fully saturated rings. The molecule has 0 aliphatic carbocycles. The molecule has 3 aromatic rings. The minimum absolute atomic E-state index is 0.0107. The van der Waals surface area contributed by atoms with Gasteiger partial charge in [0.2, 0.25) is 76.8 Å². The number of aromatic hydroxyl groups is 1. The number of aliphatic hydroxyl groups is 1. The number of phenolic OH excluding ortho intramolecular Hbond substituents is 1. The summed E-state index contributed by atoms with van der Waals surface area (Å²) in [5.41, 5.74) is 38.5. The van der Waals surface area contributed by atoms with Crippen molar-refractivity contribution in [1.29, 1.82) is 0 Å². The highest BCUT2D eigenvalue weighted by Gasteiger charge is 2.43. The van der Waals surface area contributed by atoms with Crippen LogP contribution in [0.2, 0.25) is 0 Å². The number of aliphatic imine (C=N–C) groups is 2. The highest BCUT2D eigenvalue weighted by atomic mass is 16.3. The van der Waals surface area contributed by atoms with Crippen LogP contribution < -0.4 is 104 Å². The first-order valence-corrected chi connectivity index (χ1v) is 39.6. The number of rotatable bonds is 41. The summed E-state index contributed by atoms with van der Waals surface area (Å²) in [7, 11) is 0. The Morgan fingerprint density at radius 3 is 1.53 bits per heavy atom. The van der Waals surface area contributed by atoms with Crippen molar-refractivity contribution in [2.75, 3.05) is 32.8 Å². The van der Waals surface area contributed by atoms with E-state index in [1.165, 1.54) is 45.0 Å². The zero-order valence-electron chi connectivity index (χ0n) is 67.8. The second-order valence-electron chi connectivity index (χ2n) is 30.3. The fourth-order valence-electron chi connectivity index (χ4n) is 12.7. The Bertz CT molecular complexity index is 3810. The van der Waals surface area contributed by atoms with Gasteiger partial charge in [0, 0.05) is 45.8 Å². The van der Waals surface area contributed by atoms with Crippen LogP contribution in [0.15, 0.2) is 107 Å². The number of aliphatic hydroxyl groups excluding tert-OH is 1. The molecule has 1 aliphatic rings. The molecule has 4 rings (SSSR count). The van der Waals surface area contributed by atoms with Crippen molar-refractivity contribution in [3.63, 3.8) is 0 Å². The van der Waals surface area contributed by atoms with Gasteiger partial charge in [0.05, 0.1) is 12.6 Å². The number of carbonyl (C=O) groups is 13. The Kier molecular flexibility index (Phi) is 42.0. The number of benzene rings is 3. The molecule has 0 radical (unpaired) electrons. The third-order valence-corrected chi connectivity index (χ3v) is 19.6. The lowest BCUT2D eigenvalue weighted by Gasteiger charge is -2.35. The minimum atomic E-state index is -1.94. The van der Waals surface area contributed by atoms with E-state index in [4.69, 9.17) is 40.1 Å². The van der Waals surface area contributed by atoms with E-state index in [1.807, 2.05) is 12.2 Å². The van der Waals surface area contributed by atoms with Crippen molar-refractivity contribution < 1.29 is 72.5 Å². The van der Waals surface area contributed by atoms with Gasteiger partial charge in [-0.05, 0) is 164 Å². The number of primary amides is 1. The Hall–Kier alpha value is -11.3. The summed E-state index contributed by atoms with van der Waals surface area (Å²) in [6.07, 6.45) is 6.09.